The zero-order valence-electron chi connectivity index (χ0n) is 6.41. The highest BCUT2D eigenvalue weighted by atomic mass is 19.3. The average Bonchev–Trinajstić information content (AvgIpc) is 2.04. The van der Waals surface area contributed by atoms with Gasteiger partial charge in [-0.1, -0.05) is 0 Å². The third-order valence-corrected chi connectivity index (χ3v) is 1.38. The van der Waals surface area contributed by atoms with Gasteiger partial charge in [-0.3, -0.25) is 10.1 Å². The van der Waals surface area contributed by atoms with Crippen molar-refractivity contribution in [3.8, 4) is 0 Å². The van der Waals surface area contributed by atoms with Crippen LogP contribution >= 0.6 is 0 Å². The summed E-state index contributed by atoms with van der Waals surface area (Å²) in [4.78, 5) is 9.59. The quantitative estimate of drug-likeness (QED) is 0.525. The monoisotopic (exact) mass is 185 g/mol. The predicted molar refractivity (Wildman–Crippen MR) is 43.3 cm³/mol. The van der Waals surface area contributed by atoms with Crippen molar-refractivity contribution in [1.82, 2.24) is 0 Å². The van der Waals surface area contributed by atoms with Crippen molar-refractivity contribution in [2.75, 3.05) is 0 Å². The molecule has 0 aliphatic rings. The van der Waals surface area contributed by atoms with Crippen molar-refractivity contribution in [2.24, 2.45) is 0 Å². The highest BCUT2D eigenvalue weighted by Crippen LogP contribution is 2.14. The number of rotatable bonds is 2. The Balaban J connectivity index is 2.94. The zero-order chi connectivity index (χ0) is 9.84. The lowest BCUT2D eigenvalue weighted by Gasteiger charge is -1.92. The summed E-state index contributed by atoms with van der Waals surface area (Å²) in [5.41, 5.74) is 0.127. The number of halogens is 2. The summed E-state index contributed by atoms with van der Waals surface area (Å²) in [6.45, 7) is 0. The van der Waals surface area contributed by atoms with Gasteiger partial charge in [0.1, 0.15) is 0 Å². The van der Waals surface area contributed by atoms with Crippen LogP contribution in [0.3, 0.4) is 0 Å². The molecular weight excluding hydrogens is 180 g/mol. The van der Waals surface area contributed by atoms with Crippen molar-refractivity contribution in [3.05, 3.63) is 46.0 Å². The molecule has 68 valence electrons. The molecule has 0 aliphatic heterocycles. The van der Waals surface area contributed by atoms with Gasteiger partial charge in [-0.25, -0.2) is 0 Å². The van der Waals surface area contributed by atoms with Gasteiger partial charge in [0, 0.05) is 18.2 Å². The van der Waals surface area contributed by atoms with Gasteiger partial charge in [0.15, 0.2) is 0 Å². The molecule has 0 amide bonds. The van der Waals surface area contributed by atoms with E-state index < -0.39 is 11.0 Å². The molecular formula is C8H5F2NO2. The molecule has 0 atom stereocenters. The third kappa shape index (κ3) is 2.62. The molecule has 0 saturated heterocycles. The highest BCUT2D eigenvalue weighted by molar-refractivity contribution is 5.52. The Morgan fingerprint density at radius 2 is 1.85 bits per heavy atom. The minimum absolute atomic E-state index is 0.114. The fourth-order valence-corrected chi connectivity index (χ4v) is 0.818. The molecule has 0 aliphatic carbocycles. The molecule has 1 rings (SSSR count). The van der Waals surface area contributed by atoms with Crippen LogP contribution in [0.4, 0.5) is 14.5 Å². The highest BCUT2D eigenvalue weighted by Gasteiger charge is 2.02. The van der Waals surface area contributed by atoms with E-state index in [2.05, 4.69) is 0 Å². The lowest BCUT2D eigenvalue weighted by atomic mass is 10.2. The minimum atomic E-state index is -1.83. The first kappa shape index (κ1) is 9.31. The molecule has 0 radical (unpaired) electrons. The number of hydrogen-bond donors (Lipinski definition) is 0. The molecule has 1 aromatic carbocycles. The zero-order valence-corrected chi connectivity index (χ0v) is 6.41. The van der Waals surface area contributed by atoms with E-state index in [-0.39, 0.29) is 11.3 Å². The van der Waals surface area contributed by atoms with Crippen molar-refractivity contribution >= 4 is 11.8 Å². The van der Waals surface area contributed by atoms with E-state index in [0.29, 0.717) is 6.08 Å². The van der Waals surface area contributed by atoms with Crippen LogP contribution in [0, 0.1) is 10.1 Å². The summed E-state index contributed by atoms with van der Waals surface area (Å²) in [5.74, 6) is 0. The van der Waals surface area contributed by atoms with E-state index in [1.807, 2.05) is 0 Å². The molecule has 0 N–H and O–H groups in total. The molecule has 0 aromatic heterocycles. The number of benzene rings is 1. The van der Waals surface area contributed by atoms with Crippen LogP contribution in [0.2, 0.25) is 0 Å². The summed E-state index contributed by atoms with van der Waals surface area (Å²) in [6.07, 6.45) is -1.18. The van der Waals surface area contributed by atoms with Crippen LogP contribution < -0.4 is 0 Å². The van der Waals surface area contributed by atoms with Crippen molar-refractivity contribution in [3.63, 3.8) is 0 Å². The number of nitro groups is 1. The molecule has 0 saturated carbocycles. The Kier molecular flexibility index (Phi) is 2.69. The van der Waals surface area contributed by atoms with E-state index in [0.717, 1.165) is 0 Å². The fraction of sp³-hybridized carbons (Fsp3) is 0. The molecule has 0 bridgehead atoms. The van der Waals surface area contributed by atoms with Crippen LogP contribution in [0.5, 0.6) is 0 Å². The summed E-state index contributed by atoms with van der Waals surface area (Å²) in [5, 5.41) is 10.2. The van der Waals surface area contributed by atoms with Crippen molar-refractivity contribution < 1.29 is 13.7 Å². The molecule has 0 heterocycles. The van der Waals surface area contributed by atoms with Crippen LogP contribution in [-0.4, -0.2) is 4.92 Å². The molecule has 1 aromatic rings. The van der Waals surface area contributed by atoms with E-state index >= 15 is 0 Å². The first-order valence-electron chi connectivity index (χ1n) is 3.37. The number of hydrogen-bond acceptors (Lipinski definition) is 2. The van der Waals surface area contributed by atoms with Gasteiger partial charge < -0.3 is 0 Å². The van der Waals surface area contributed by atoms with Gasteiger partial charge in [-0.15, -0.1) is 0 Å². The Morgan fingerprint density at radius 3 is 2.23 bits per heavy atom. The summed E-state index contributed by atoms with van der Waals surface area (Å²) < 4.78 is 23.4. The van der Waals surface area contributed by atoms with E-state index in [4.69, 9.17) is 0 Å². The maximum Gasteiger partial charge on any atom is 0.270 e. The number of nitro benzene ring substituents is 1. The van der Waals surface area contributed by atoms with Gasteiger partial charge >= 0.3 is 0 Å². The third-order valence-electron chi connectivity index (χ3n) is 1.38. The lowest BCUT2D eigenvalue weighted by molar-refractivity contribution is -0.384. The summed E-state index contributed by atoms with van der Waals surface area (Å²) in [6, 6.07) is 4.87. The van der Waals surface area contributed by atoms with E-state index in [1.165, 1.54) is 24.3 Å². The van der Waals surface area contributed by atoms with E-state index in [9.17, 15) is 18.9 Å². The smallest absolute Gasteiger partial charge is 0.258 e. The maximum atomic E-state index is 11.7. The topological polar surface area (TPSA) is 43.1 Å². The maximum absolute atomic E-state index is 11.7. The Hall–Kier alpha value is -1.78. The van der Waals surface area contributed by atoms with Gasteiger partial charge in [0.05, 0.1) is 4.92 Å². The van der Waals surface area contributed by atoms with Crippen LogP contribution in [-0.2, 0) is 0 Å². The second-order valence-corrected chi connectivity index (χ2v) is 2.28. The summed E-state index contributed by atoms with van der Waals surface area (Å²) in [7, 11) is 0. The predicted octanol–water partition coefficient (Wildman–Crippen LogP) is 2.83. The second kappa shape index (κ2) is 3.75. The standard InChI is InChI=1S/C8H5F2NO2/c9-8(10)5-6-1-3-7(4-2-6)11(12)13/h1-5H. The first-order chi connectivity index (χ1) is 6.09. The first-order valence-corrected chi connectivity index (χ1v) is 3.37. The number of nitrogens with zero attached hydrogens (tertiary/aromatic N) is 1. The second-order valence-electron chi connectivity index (χ2n) is 2.28. The molecule has 5 heteroatoms. The fourth-order valence-electron chi connectivity index (χ4n) is 0.818. The van der Waals surface area contributed by atoms with Crippen LogP contribution in [0.1, 0.15) is 5.56 Å². The van der Waals surface area contributed by atoms with Gasteiger partial charge in [0.25, 0.3) is 11.8 Å². The Labute approximate surface area is 72.5 Å². The molecule has 3 nitrogen and oxygen atoms in total. The largest absolute Gasteiger partial charge is 0.270 e. The SMILES string of the molecule is O=[N+]([O-])c1ccc(C=C(F)F)cc1. The van der Waals surface area contributed by atoms with Gasteiger partial charge in [0.2, 0.25) is 0 Å². The van der Waals surface area contributed by atoms with Crippen molar-refractivity contribution in [2.45, 2.75) is 0 Å². The minimum Gasteiger partial charge on any atom is -0.258 e. The van der Waals surface area contributed by atoms with Crippen molar-refractivity contribution in [1.29, 1.82) is 0 Å². The number of non-ortho nitro benzene ring substituents is 1. The van der Waals surface area contributed by atoms with Crippen LogP contribution in [0.25, 0.3) is 6.08 Å². The molecule has 0 unspecified atom stereocenters. The molecule has 0 fully saturated rings. The van der Waals surface area contributed by atoms with Gasteiger partial charge in [-0.05, 0) is 17.7 Å². The Morgan fingerprint density at radius 1 is 1.31 bits per heavy atom. The normalized spacial score (nSPS) is 9.38. The lowest BCUT2D eigenvalue weighted by Crippen LogP contribution is -1.86. The average molecular weight is 185 g/mol. The van der Waals surface area contributed by atoms with E-state index in [1.54, 1.807) is 0 Å². The molecule has 0 spiro atoms. The molecule has 13 heavy (non-hydrogen) atoms. The summed E-state index contributed by atoms with van der Waals surface area (Å²) >= 11 is 0. The Bertz CT molecular complexity index is 342. The van der Waals surface area contributed by atoms with Gasteiger partial charge in [-0.2, -0.15) is 8.78 Å². The van der Waals surface area contributed by atoms with Crippen LogP contribution in [0.15, 0.2) is 30.3 Å².